The Labute approximate surface area is 162 Å². The first-order valence-corrected chi connectivity index (χ1v) is 11.0. The van der Waals surface area contributed by atoms with Crippen molar-refractivity contribution in [1.29, 1.82) is 0 Å². The van der Waals surface area contributed by atoms with Crippen molar-refractivity contribution in [1.82, 2.24) is 0 Å². The molecule has 1 heterocycles. The summed E-state index contributed by atoms with van der Waals surface area (Å²) in [6.07, 6.45) is -0.120. The lowest BCUT2D eigenvalue weighted by Gasteiger charge is -2.19. The summed E-state index contributed by atoms with van der Waals surface area (Å²) >= 11 is 1.37. The lowest BCUT2D eigenvalue weighted by Crippen LogP contribution is -2.28. The monoisotopic (exact) mass is 404 g/mol. The molecule has 0 bridgehead atoms. The highest BCUT2D eigenvalue weighted by Gasteiger charge is 2.22. The third-order valence-corrected chi connectivity index (χ3v) is 7.08. The minimum absolute atomic E-state index is 0.107. The molecule has 27 heavy (non-hydrogen) atoms. The number of amides is 2. The number of anilines is 2. The van der Waals surface area contributed by atoms with E-state index in [0.717, 1.165) is 16.1 Å². The average molecular weight is 405 g/mol. The second kappa shape index (κ2) is 7.74. The molecule has 0 unspecified atom stereocenters. The Morgan fingerprint density at radius 2 is 2.00 bits per heavy atom. The van der Waals surface area contributed by atoms with Crippen LogP contribution >= 0.6 is 11.8 Å². The molecule has 2 aromatic carbocycles. The van der Waals surface area contributed by atoms with Gasteiger partial charge in [0.15, 0.2) is 9.84 Å². The number of nitrogens with zero attached hydrogens (tertiary/aromatic N) is 1. The Hall–Kier alpha value is -2.32. The molecule has 0 spiro atoms. The van der Waals surface area contributed by atoms with Crippen LogP contribution in [0.3, 0.4) is 0 Å². The van der Waals surface area contributed by atoms with Crippen molar-refractivity contribution in [2.75, 3.05) is 28.8 Å². The molecule has 1 aliphatic heterocycles. The number of rotatable bonds is 5. The van der Waals surface area contributed by atoms with Gasteiger partial charge in [-0.05, 0) is 42.8 Å². The minimum Gasteiger partial charge on any atom is -0.324 e. The van der Waals surface area contributed by atoms with E-state index in [0.29, 0.717) is 11.4 Å². The molecule has 8 heteroatoms. The van der Waals surface area contributed by atoms with E-state index in [-0.39, 0.29) is 28.9 Å². The van der Waals surface area contributed by atoms with Crippen LogP contribution in [-0.4, -0.2) is 38.8 Å². The quantitative estimate of drug-likeness (QED) is 0.828. The van der Waals surface area contributed by atoms with Crippen LogP contribution in [0.25, 0.3) is 0 Å². The Kier molecular flexibility index (Phi) is 5.57. The van der Waals surface area contributed by atoms with E-state index in [1.807, 2.05) is 31.2 Å². The summed E-state index contributed by atoms with van der Waals surface area (Å²) in [6, 6.07) is 12.1. The topological polar surface area (TPSA) is 83.6 Å². The molecule has 0 saturated carbocycles. The van der Waals surface area contributed by atoms with Crippen molar-refractivity contribution in [3.63, 3.8) is 0 Å². The molecule has 2 amide bonds. The van der Waals surface area contributed by atoms with Crippen LogP contribution in [0.2, 0.25) is 0 Å². The van der Waals surface area contributed by atoms with Gasteiger partial charge in [-0.1, -0.05) is 12.1 Å². The number of sulfone groups is 1. The zero-order chi connectivity index (χ0) is 19.6. The Morgan fingerprint density at radius 1 is 1.22 bits per heavy atom. The predicted octanol–water partition coefficient (Wildman–Crippen LogP) is 2.87. The summed E-state index contributed by atoms with van der Waals surface area (Å²) in [5, 5.41) is 2.68. The summed E-state index contributed by atoms with van der Waals surface area (Å²) in [7, 11) is -2.00. The number of fused-ring (bicyclic) bond motifs is 1. The van der Waals surface area contributed by atoms with Crippen LogP contribution in [0.1, 0.15) is 12.0 Å². The number of carbonyl (C=O) groups is 2. The second-order valence-electron chi connectivity index (χ2n) is 6.36. The summed E-state index contributed by atoms with van der Waals surface area (Å²) in [5.74, 6) is -0.399. The lowest BCUT2D eigenvalue weighted by molar-refractivity contribution is -0.118. The number of nitrogens with one attached hydrogen (secondary N) is 1. The third-order valence-electron chi connectivity index (χ3n) is 4.29. The summed E-state index contributed by atoms with van der Waals surface area (Å²) in [4.78, 5) is 26.3. The van der Waals surface area contributed by atoms with Crippen LogP contribution in [0.15, 0.2) is 52.3 Å². The SMILES string of the molecule is Cc1cccc(N(C)C(=O)CCS(=O)(=O)c2ccc3c(c2)NC(=O)CS3)c1. The number of hydrogen-bond acceptors (Lipinski definition) is 5. The largest absolute Gasteiger partial charge is 0.324 e. The Balaban J connectivity index is 1.70. The highest BCUT2D eigenvalue weighted by molar-refractivity contribution is 8.00. The van der Waals surface area contributed by atoms with Gasteiger partial charge in [-0.25, -0.2) is 8.42 Å². The van der Waals surface area contributed by atoms with Gasteiger partial charge < -0.3 is 10.2 Å². The molecule has 142 valence electrons. The van der Waals surface area contributed by atoms with Gasteiger partial charge in [0.25, 0.3) is 0 Å². The van der Waals surface area contributed by atoms with E-state index in [1.54, 1.807) is 13.1 Å². The van der Waals surface area contributed by atoms with Crippen molar-refractivity contribution < 1.29 is 18.0 Å². The zero-order valence-corrected chi connectivity index (χ0v) is 16.7. The Morgan fingerprint density at radius 3 is 2.74 bits per heavy atom. The molecule has 1 aliphatic rings. The van der Waals surface area contributed by atoms with Gasteiger partial charge in [-0.3, -0.25) is 9.59 Å². The Bertz CT molecular complexity index is 1000. The van der Waals surface area contributed by atoms with Crippen molar-refractivity contribution in [3.8, 4) is 0 Å². The molecule has 0 saturated heterocycles. The molecular weight excluding hydrogens is 384 g/mol. The van der Waals surface area contributed by atoms with Crippen LogP contribution in [-0.2, 0) is 19.4 Å². The molecule has 0 aliphatic carbocycles. The van der Waals surface area contributed by atoms with Crippen LogP contribution < -0.4 is 10.2 Å². The smallest absolute Gasteiger partial charge is 0.234 e. The fourth-order valence-electron chi connectivity index (χ4n) is 2.74. The highest BCUT2D eigenvalue weighted by Crippen LogP contribution is 2.33. The van der Waals surface area contributed by atoms with Gasteiger partial charge in [0.1, 0.15) is 0 Å². The summed E-state index contributed by atoms with van der Waals surface area (Å²) in [5.41, 5.74) is 2.25. The fourth-order valence-corrected chi connectivity index (χ4v) is 4.78. The van der Waals surface area contributed by atoms with E-state index in [4.69, 9.17) is 0 Å². The van der Waals surface area contributed by atoms with Gasteiger partial charge in [-0.2, -0.15) is 0 Å². The fraction of sp³-hybridized carbons (Fsp3) is 0.263. The molecule has 0 radical (unpaired) electrons. The van der Waals surface area contributed by atoms with Gasteiger partial charge in [0.05, 0.1) is 22.1 Å². The van der Waals surface area contributed by atoms with Crippen LogP contribution in [0, 0.1) is 6.92 Å². The first-order chi connectivity index (χ1) is 12.8. The van der Waals surface area contributed by atoms with Gasteiger partial charge in [0, 0.05) is 24.1 Å². The predicted molar refractivity (Wildman–Crippen MR) is 107 cm³/mol. The molecule has 2 aromatic rings. The van der Waals surface area contributed by atoms with E-state index in [9.17, 15) is 18.0 Å². The minimum atomic E-state index is -3.64. The van der Waals surface area contributed by atoms with Crippen molar-refractivity contribution >= 4 is 44.8 Å². The maximum Gasteiger partial charge on any atom is 0.234 e. The normalized spacial score (nSPS) is 13.6. The maximum absolute atomic E-state index is 12.6. The van der Waals surface area contributed by atoms with Gasteiger partial charge >= 0.3 is 0 Å². The lowest BCUT2D eigenvalue weighted by atomic mass is 10.2. The standard InChI is InChI=1S/C19H20N2O4S2/c1-13-4-3-5-14(10-13)21(2)19(23)8-9-27(24,25)15-6-7-17-16(11-15)20-18(22)12-26-17/h3-7,10-11H,8-9,12H2,1-2H3,(H,20,22). The van der Waals surface area contributed by atoms with Crippen LogP contribution in [0.4, 0.5) is 11.4 Å². The molecule has 0 atom stereocenters. The zero-order valence-electron chi connectivity index (χ0n) is 15.1. The molecule has 3 rings (SSSR count). The molecule has 0 fully saturated rings. The first-order valence-electron chi connectivity index (χ1n) is 8.39. The van der Waals surface area contributed by atoms with E-state index in [1.165, 1.54) is 28.8 Å². The van der Waals surface area contributed by atoms with Gasteiger partial charge in [-0.15, -0.1) is 11.8 Å². The maximum atomic E-state index is 12.6. The summed E-state index contributed by atoms with van der Waals surface area (Å²) < 4.78 is 25.3. The van der Waals surface area contributed by atoms with Crippen molar-refractivity contribution in [3.05, 3.63) is 48.0 Å². The molecule has 1 N–H and O–H groups in total. The molecule has 6 nitrogen and oxygen atoms in total. The number of hydrogen-bond donors (Lipinski definition) is 1. The average Bonchev–Trinajstić information content (AvgIpc) is 2.65. The second-order valence-corrected chi connectivity index (χ2v) is 9.48. The van der Waals surface area contributed by atoms with Crippen LogP contribution in [0.5, 0.6) is 0 Å². The van der Waals surface area contributed by atoms with E-state index in [2.05, 4.69) is 5.32 Å². The summed E-state index contributed by atoms with van der Waals surface area (Å²) in [6.45, 7) is 1.93. The van der Waals surface area contributed by atoms with Gasteiger partial charge in [0.2, 0.25) is 11.8 Å². The van der Waals surface area contributed by atoms with Crippen molar-refractivity contribution in [2.45, 2.75) is 23.1 Å². The number of carbonyl (C=O) groups excluding carboxylic acids is 2. The number of thioether (sulfide) groups is 1. The van der Waals surface area contributed by atoms with Crippen molar-refractivity contribution in [2.24, 2.45) is 0 Å². The van der Waals surface area contributed by atoms with E-state index < -0.39 is 9.84 Å². The van der Waals surface area contributed by atoms with E-state index >= 15 is 0 Å². The number of aryl methyl sites for hydroxylation is 1. The molecular formula is C19H20N2O4S2. The number of benzene rings is 2. The first kappa shape index (κ1) is 19.4. The third kappa shape index (κ3) is 4.51. The highest BCUT2D eigenvalue weighted by atomic mass is 32.2. The molecule has 0 aromatic heterocycles.